The van der Waals surface area contributed by atoms with Crippen LogP contribution in [-0.4, -0.2) is 80.3 Å². The molecule has 0 spiro atoms. The van der Waals surface area contributed by atoms with Crippen LogP contribution in [0.5, 0.6) is 5.75 Å². The van der Waals surface area contributed by atoms with Crippen molar-refractivity contribution in [3.05, 3.63) is 95.3 Å². The van der Waals surface area contributed by atoms with Crippen molar-refractivity contribution < 1.29 is 33.0 Å². The Morgan fingerprint density at radius 3 is 2.45 bits per heavy atom. The first kappa shape index (κ1) is 29.0. The molecule has 2 fully saturated rings. The van der Waals surface area contributed by atoms with Crippen LogP contribution >= 0.6 is 0 Å². The second-order valence-corrected chi connectivity index (χ2v) is 10.1. The van der Waals surface area contributed by atoms with Gasteiger partial charge in [0.05, 0.1) is 26.9 Å². The number of rotatable bonds is 10. The lowest BCUT2D eigenvalue weighted by atomic mass is 10.00. The minimum Gasteiger partial charge on any atom is -0.497 e. The van der Waals surface area contributed by atoms with E-state index in [9.17, 15) is 18.8 Å². The maximum atomic E-state index is 13.9. The van der Waals surface area contributed by atoms with Gasteiger partial charge >= 0.3 is 6.09 Å². The number of nitrogens with one attached hydrogen (secondary N) is 2. The molecule has 3 aromatic carbocycles. The van der Waals surface area contributed by atoms with Crippen molar-refractivity contribution in [1.29, 1.82) is 0 Å². The van der Waals surface area contributed by atoms with E-state index in [0.717, 1.165) is 13.1 Å². The first-order valence-electron chi connectivity index (χ1n) is 13.8. The van der Waals surface area contributed by atoms with Crippen LogP contribution < -0.4 is 15.4 Å². The van der Waals surface area contributed by atoms with Crippen LogP contribution in [0.4, 0.5) is 14.9 Å². The average molecular weight is 577 g/mol. The van der Waals surface area contributed by atoms with Gasteiger partial charge in [0, 0.05) is 37.4 Å². The minimum absolute atomic E-state index is 0.00461. The number of hydrogen-bond donors (Lipinski definition) is 2. The van der Waals surface area contributed by atoms with E-state index >= 15 is 0 Å². The van der Waals surface area contributed by atoms with Crippen molar-refractivity contribution in [2.45, 2.75) is 18.7 Å². The molecule has 0 radical (unpaired) electrons. The van der Waals surface area contributed by atoms with E-state index in [-0.39, 0.29) is 18.4 Å². The molecule has 3 aromatic rings. The van der Waals surface area contributed by atoms with E-state index in [1.165, 1.54) is 17.0 Å². The van der Waals surface area contributed by atoms with E-state index < -0.39 is 24.1 Å². The van der Waals surface area contributed by atoms with Gasteiger partial charge in [-0.1, -0.05) is 24.3 Å². The number of anilines is 1. The molecule has 2 saturated heterocycles. The minimum atomic E-state index is -0.981. The second-order valence-electron chi connectivity index (χ2n) is 10.1. The van der Waals surface area contributed by atoms with Gasteiger partial charge in [-0.05, 0) is 59.7 Å². The van der Waals surface area contributed by atoms with Gasteiger partial charge in [-0.25, -0.2) is 9.18 Å². The van der Waals surface area contributed by atoms with Crippen LogP contribution in [0.3, 0.4) is 0 Å². The molecule has 0 bridgehead atoms. The highest BCUT2D eigenvalue weighted by Gasteiger charge is 2.47. The first-order chi connectivity index (χ1) is 20.4. The zero-order valence-corrected chi connectivity index (χ0v) is 23.3. The summed E-state index contributed by atoms with van der Waals surface area (Å²) in [6.45, 7) is 3.92. The molecule has 0 saturated carbocycles. The summed E-state index contributed by atoms with van der Waals surface area (Å²) in [5.74, 6) is -0.451. The lowest BCUT2D eigenvalue weighted by Crippen LogP contribution is -2.48. The van der Waals surface area contributed by atoms with Gasteiger partial charge in [0.1, 0.15) is 11.6 Å². The fraction of sp³-hybridized carbons (Fsp3) is 0.323. The molecule has 2 N–H and O–H groups in total. The molecule has 220 valence electrons. The Morgan fingerprint density at radius 1 is 1.02 bits per heavy atom. The van der Waals surface area contributed by atoms with Crippen LogP contribution in [0.25, 0.3) is 0 Å². The largest absolute Gasteiger partial charge is 0.497 e. The Labute approximate surface area is 243 Å². The fourth-order valence-corrected chi connectivity index (χ4v) is 5.01. The first-order valence-corrected chi connectivity index (χ1v) is 13.8. The third-order valence-electron chi connectivity index (χ3n) is 7.28. The SMILES string of the molecule is COc1ccc(C(=O)Nc2ccc(C3OC(=O)N(Cc4cccc(F)c4)C3C(=O)NCCN3CCOCC3)cc2)cc1. The molecule has 5 rings (SSSR count). The summed E-state index contributed by atoms with van der Waals surface area (Å²) in [5, 5.41) is 5.78. The van der Waals surface area contributed by atoms with Crippen molar-refractivity contribution in [3.8, 4) is 5.75 Å². The number of nitrogens with zero attached hydrogens (tertiary/aromatic N) is 2. The van der Waals surface area contributed by atoms with Crippen LogP contribution in [0, 0.1) is 5.82 Å². The summed E-state index contributed by atoms with van der Waals surface area (Å²) in [7, 11) is 1.55. The maximum absolute atomic E-state index is 13.9. The molecular formula is C31H33FN4O6. The topological polar surface area (TPSA) is 109 Å². The van der Waals surface area contributed by atoms with E-state index in [2.05, 4.69) is 15.5 Å². The van der Waals surface area contributed by atoms with Crippen molar-refractivity contribution >= 4 is 23.6 Å². The van der Waals surface area contributed by atoms with Gasteiger partial charge in [0.15, 0.2) is 12.1 Å². The monoisotopic (exact) mass is 576 g/mol. The predicted molar refractivity (Wildman–Crippen MR) is 153 cm³/mol. The molecule has 2 atom stereocenters. The molecule has 42 heavy (non-hydrogen) atoms. The zero-order valence-electron chi connectivity index (χ0n) is 23.3. The van der Waals surface area contributed by atoms with Gasteiger partial charge in [-0.3, -0.25) is 19.4 Å². The quantitative estimate of drug-likeness (QED) is 0.380. The van der Waals surface area contributed by atoms with Gasteiger partial charge < -0.3 is 24.8 Å². The predicted octanol–water partition coefficient (Wildman–Crippen LogP) is 3.60. The highest BCUT2D eigenvalue weighted by molar-refractivity contribution is 6.04. The number of ether oxygens (including phenoxy) is 3. The van der Waals surface area contributed by atoms with E-state index in [1.807, 2.05) is 0 Å². The summed E-state index contributed by atoms with van der Waals surface area (Å²) in [6.07, 6.45) is -1.57. The van der Waals surface area contributed by atoms with Gasteiger partial charge in [0.2, 0.25) is 5.91 Å². The lowest BCUT2D eigenvalue weighted by molar-refractivity contribution is -0.126. The van der Waals surface area contributed by atoms with Crippen LogP contribution in [0.2, 0.25) is 0 Å². The number of carbonyl (C=O) groups is 3. The van der Waals surface area contributed by atoms with Crippen molar-refractivity contribution in [2.24, 2.45) is 0 Å². The zero-order chi connectivity index (χ0) is 29.5. The van der Waals surface area contributed by atoms with Crippen molar-refractivity contribution in [3.63, 3.8) is 0 Å². The number of methoxy groups -OCH3 is 1. The number of carbonyl (C=O) groups excluding carboxylic acids is 3. The highest BCUT2D eigenvalue weighted by atomic mass is 19.1. The number of benzene rings is 3. The molecule has 2 heterocycles. The van der Waals surface area contributed by atoms with Crippen LogP contribution in [-0.2, 0) is 20.8 Å². The van der Waals surface area contributed by atoms with Gasteiger partial charge in [-0.15, -0.1) is 0 Å². The average Bonchev–Trinajstić information content (AvgIpc) is 3.33. The van der Waals surface area contributed by atoms with Crippen LogP contribution in [0.1, 0.15) is 27.6 Å². The van der Waals surface area contributed by atoms with E-state index in [1.54, 1.807) is 67.8 Å². The Bertz CT molecular complexity index is 1400. The maximum Gasteiger partial charge on any atom is 0.411 e. The summed E-state index contributed by atoms with van der Waals surface area (Å²) in [5.41, 5.74) is 2.12. The summed E-state index contributed by atoms with van der Waals surface area (Å²) < 4.78 is 30.1. The molecule has 2 aliphatic heterocycles. The molecule has 2 aliphatic rings. The van der Waals surface area contributed by atoms with E-state index in [0.29, 0.717) is 54.4 Å². The smallest absolute Gasteiger partial charge is 0.411 e. The molecule has 0 aliphatic carbocycles. The molecule has 11 heteroatoms. The number of cyclic esters (lactones) is 1. The second kappa shape index (κ2) is 13.5. The Kier molecular flexibility index (Phi) is 9.30. The Balaban J connectivity index is 1.30. The highest BCUT2D eigenvalue weighted by Crippen LogP contribution is 2.34. The molecule has 0 aromatic heterocycles. The summed E-state index contributed by atoms with van der Waals surface area (Å²) in [4.78, 5) is 42.8. The normalized spacial score (nSPS) is 18.8. The van der Waals surface area contributed by atoms with Gasteiger partial charge in [-0.2, -0.15) is 0 Å². The number of amides is 3. The van der Waals surface area contributed by atoms with Crippen molar-refractivity contribution in [2.75, 3.05) is 51.8 Å². The van der Waals surface area contributed by atoms with Gasteiger partial charge in [0.25, 0.3) is 5.91 Å². The molecule has 10 nitrogen and oxygen atoms in total. The fourth-order valence-electron chi connectivity index (χ4n) is 5.01. The van der Waals surface area contributed by atoms with Crippen LogP contribution in [0.15, 0.2) is 72.8 Å². The number of morpholine rings is 1. The third kappa shape index (κ3) is 7.04. The third-order valence-corrected chi connectivity index (χ3v) is 7.28. The Hall–Kier alpha value is -4.48. The Morgan fingerprint density at radius 2 is 1.76 bits per heavy atom. The van der Waals surface area contributed by atoms with E-state index in [4.69, 9.17) is 14.2 Å². The lowest BCUT2D eigenvalue weighted by Gasteiger charge is -2.28. The molecule has 3 amide bonds. The molecular weight excluding hydrogens is 543 g/mol. The number of hydrogen-bond acceptors (Lipinski definition) is 7. The van der Waals surface area contributed by atoms with Crippen molar-refractivity contribution in [1.82, 2.24) is 15.1 Å². The summed E-state index contributed by atoms with van der Waals surface area (Å²) >= 11 is 0. The number of halogens is 1. The molecule has 2 unspecified atom stereocenters. The summed E-state index contributed by atoms with van der Waals surface area (Å²) in [6, 6.07) is 18.4. The standard InChI is InChI=1S/C31H33FN4O6/c1-40-26-11-7-23(8-12-26)29(37)34-25-9-5-22(6-10-25)28-27(30(38)33-13-14-35-15-17-41-18-16-35)36(31(39)42-28)20-21-3-2-4-24(32)19-21/h2-12,19,27-28H,13-18,20H2,1H3,(H,33,38)(H,34,37).